The molecule has 1 aromatic rings. The Kier molecular flexibility index (Phi) is 7.17. The van der Waals surface area contributed by atoms with Gasteiger partial charge in [0.1, 0.15) is 11.5 Å². The number of ether oxygens (including phenoxy) is 1. The summed E-state index contributed by atoms with van der Waals surface area (Å²) in [5.41, 5.74) is 7.76. The SMILES string of the molecule is C=C(Oc1cccc(N2CCN(C)CC2)c1)/C(CC)=C(I)\C=C/N. The topological polar surface area (TPSA) is 41.7 Å². The van der Waals surface area contributed by atoms with Gasteiger partial charge in [-0.25, -0.2) is 0 Å². The molecular formula is C19H26IN3O. The van der Waals surface area contributed by atoms with E-state index >= 15 is 0 Å². The molecule has 1 aliphatic rings. The van der Waals surface area contributed by atoms with Crippen molar-refractivity contribution in [3.05, 3.63) is 58.0 Å². The lowest BCUT2D eigenvalue weighted by molar-refractivity contribution is 0.312. The standard InChI is InChI=1S/C19H26IN3O/c1-4-18(19(20)8-9-21)15(2)24-17-7-5-6-16(14-17)23-12-10-22(3)11-13-23/h5-9,14H,2,4,10-13,21H2,1,3H3/b9-8-,19-18+. The first-order valence-corrected chi connectivity index (χ1v) is 9.30. The second kappa shape index (κ2) is 9.13. The van der Waals surface area contributed by atoms with Gasteiger partial charge >= 0.3 is 0 Å². The number of likely N-dealkylation sites (N-methyl/N-ethyl adjacent to an activating group) is 1. The van der Waals surface area contributed by atoms with Gasteiger partial charge < -0.3 is 20.3 Å². The number of hydrogen-bond acceptors (Lipinski definition) is 4. The molecule has 0 radical (unpaired) electrons. The lowest BCUT2D eigenvalue weighted by Crippen LogP contribution is -2.44. The third kappa shape index (κ3) is 5.01. The van der Waals surface area contributed by atoms with Gasteiger partial charge in [0, 0.05) is 47.1 Å². The zero-order valence-corrected chi connectivity index (χ0v) is 16.6. The lowest BCUT2D eigenvalue weighted by Gasteiger charge is -2.34. The summed E-state index contributed by atoms with van der Waals surface area (Å²) in [5.74, 6) is 1.50. The highest BCUT2D eigenvalue weighted by Gasteiger charge is 2.15. The molecule has 1 saturated heterocycles. The number of allylic oxidation sites excluding steroid dienone is 3. The second-order valence-electron chi connectivity index (χ2n) is 5.85. The molecule has 130 valence electrons. The van der Waals surface area contributed by atoms with Crippen LogP contribution in [-0.4, -0.2) is 38.1 Å². The first kappa shape index (κ1) is 18.9. The van der Waals surface area contributed by atoms with Crippen LogP contribution in [0.5, 0.6) is 5.75 Å². The van der Waals surface area contributed by atoms with Crippen LogP contribution in [0.4, 0.5) is 5.69 Å². The fourth-order valence-corrected chi connectivity index (χ4v) is 3.59. The van der Waals surface area contributed by atoms with Gasteiger partial charge in [-0.3, -0.25) is 0 Å². The van der Waals surface area contributed by atoms with Crippen molar-refractivity contribution in [2.75, 3.05) is 38.1 Å². The van der Waals surface area contributed by atoms with Gasteiger partial charge in [0.05, 0.1) is 0 Å². The molecule has 4 nitrogen and oxygen atoms in total. The summed E-state index contributed by atoms with van der Waals surface area (Å²) in [6, 6.07) is 8.24. The van der Waals surface area contributed by atoms with Crippen LogP contribution < -0.4 is 15.4 Å². The van der Waals surface area contributed by atoms with E-state index in [4.69, 9.17) is 10.5 Å². The van der Waals surface area contributed by atoms with Crippen molar-refractivity contribution >= 4 is 28.3 Å². The van der Waals surface area contributed by atoms with Gasteiger partial charge in [0.25, 0.3) is 0 Å². The summed E-state index contributed by atoms with van der Waals surface area (Å²) in [5, 5.41) is 0. The maximum Gasteiger partial charge on any atom is 0.129 e. The lowest BCUT2D eigenvalue weighted by atomic mass is 10.1. The Morgan fingerprint density at radius 3 is 2.67 bits per heavy atom. The summed E-state index contributed by atoms with van der Waals surface area (Å²) in [6.07, 6.45) is 4.26. The summed E-state index contributed by atoms with van der Waals surface area (Å²) in [4.78, 5) is 4.75. The third-order valence-electron chi connectivity index (χ3n) is 4.15. The van der Waals surface area contributed by atoms with Crippen LogP contribution in [0.25, 0.3) is 0 Å². The smallest absolute Gasteiger partial charge is 0.129 e. The van der Waals surface area contributed by atoms with Gasteiger partial charge in [-0.15, -0.1) is 0 Å². The summed E-state index contributed by atoms with van der Waals surface area (Å²) < 4.78 is 7.07. The van der Waals surface area contributed by atoms with E-state index in [1.807, 2.05) is 18.2 Å². The normalized spacial score (nSPS) is 17.0. The average Bonchev–Trinajstić information content (AvgIpc) is 2.56. The molecule has 0 saturated carbocycles. The second-order valence-corrected chi connectivity index (χ2v) is 7.01. The van der Waals surface area contributed by atoms with E-state index in [0.717, 1.165) is 47.5 Å². The zero-order valence-electron chi connectivity index (χ0n) is 14.5. The van der Waals surface area contributed by atoms with Crippen molar-refractivity contribution < 1.29 is 4.74 Å². The van der Waals surface area contributed by atoms with Crippen LogP contribution in [0, 0.1) is 0 Å². The number of nitrogens with zero attached hydrogens (tertiary/aromatic N) is 2. The number of piperazine rings is 1. The molecule has 0 aliphatic carbocycles. The quantitative estimate of drug-likeness (QED) is 0.415. The Bertz CT molecular complexity index is 631. The largest absolute Gasteiger partial charge is 0.458 e. The Hall–Kier alpha value is -1.47. The van der Waals surface area contributed by atoms with Crippen LogP contribution in [0.15, 0.2) is 58.0 Å². The fraction of sp³-hybridized carbons (Fsp3) is 0.368. The van der Waals surface area contributed by atoms with Gasteiger partial charge in [-0.05, 0) is 60.5 Å². The van der Waals surface area contributed by atoms with Gasteiger partial charge in [-0.1, -0.05) is 19.6 Å². The summed E-state index contributed by atoms with van der Waals surface area (Å²) in [7, 11) is 2.16. The fourth-order valence-electron chi connectivity index (χ4n) is 2.70. The maximum absolute atomic E-state index is 6.02. The molecule has 1 fully saturated rings. The van der Waals surface area contributed by atoms with Crippen LogP contribution >= 0.6 is 22.6 Å². The maximum atomic E-state index is 6.02. The molecule has 1 heterocycles. The first-order chi connectivity index (χ1) is 11.5. The molecule has 2 N–H and O–H groups in total. The number of hydrogen-bond donors (Lipinski definition) is 1. The van der Waals surface area contributed by atoms with Crippen LogP contribution in [-0.2, 0) is 0 Å². The van der Waals surface area contributed by atoms with E-state index in [0.29, 0.717) is 5.76 Å². The number of halogens is 1. The molecule has 1 aliphatic heterocycles. The molecule has 0 spiro atoms. The van der Waals surface area contributed by atoms with E-state index in [-0.39, 0.29) is 0 Å². The number of rotatable bonds is 6. The van der Waals surface area contributed by atoms with Crippen molar-refractivity contribution in [2.24, 2.45) is 5.73 Å². The van der Waals surface area contributed by atoms with Gasteiger partial charge in [0.15, 0.2) is 0 Å². The number of nitrogens with two attached hydrogens (primary N) is 1. The third-order valence-corrected chi connectivity index (χ3v) is 5.16. The minimum atomic E-state index is 0.676. The minimum Gasteiger partial charge on any atom is -0.458 e. The highest BCUT2D eigenvalue weighted by atomic mass is 127. The predicted molar refractivity (Wildman–Crippen MR) is 111 cm³/mol. The Balaban J connectivity index is 2.11. The Labute approximate surface area is 158 Å². The van der Waals surface area contributed by atoms with Crippen molar-refractivity contribution in [1.82, 2.24) is 4.90 Å². The van der Waals surface area contributed by atoms with Crippen LogP contribution in [0.1, 0.15) is 13.3 Å². The van der Waals surface area contributed by atoms with E-state index in [9.17, 15) is 0 Å². The highest BCUT2D eigenvalue weighted by Crippen LogP contribution is 2.28. The van der Waals surface area contributed by atoms with E-state index < -0.39 is 0 Å². The molecule has 5 heteroatoms. The van der Waals surface area contributed by atoms with E-state index in [1.165, 1.54) is 5.69 Å². The van der Waals surface area contributed by atoms with Crippen molar-refractivity contribution in [3.8, 4) is 5.75 Å². The Morgan fingerprint density at radius 1 is 1.33 bits per heavy atom. The molecule has 24 heavy (non-hydrogen) atoms. The summed E-state index contributed by atoms with van der Waals surface area (Å²) in [6.45, 7) is 10.4. The van der Waals surface area contributed by atoms with Crippen molar-refractivity contribution in [2.45, 2.75) is 13.3 Å². The van der Waals surface area contributed by atoms with Crippen molar-refractivity contribution in [1.29, 1.82) is 0 Å². The molecule has 2 rings (SSSR count). The van der Waals surface area contributed by atoms with E-state index in [1.54, 1.807) is 6.20 Å². The average molecular weight is 439 g/mol. The van der Waals surface area contributed by atoms with Crippen LogP contribution in [0.3, 0.4) is 0 Å². The molecule has 0 unspecified atom stereocenters. The molecule has 1 aromatic carbocycles. The highest BCUT2D eigenvalue weighted by molar-refractivity contribution is 14.1. The van der Waals surface area contributed by atoms with Gasteiger partial charge in [-0.2, -0.15) is 0 Å². The first-order valence-electron chi connectivity index (χ1n) is 8.22. The molecule has 0 atom stereocenters. The number of anilines is 1. The molecule has 0 bridgehead atoms. The van der Waals surface area contributed by atoms with Crippen LogP contribution in [0.2, 0.25) is 0 Å². The molecule has 0 amide bonds. The summed E-state index contributed by atoms with van der Waals surface area (Å²) >= 11 is 2.26. The zero-order chi connectivity index (χ0) is 17.5. The minimum absolute atomic E-state index is 0.676. The molecule has 0 aromatic heterocycles. The van der Waals surface area contributed by atoms with Gasteiger partial charge in [0.2, 0.25) is 0 Å². The van der Waals surface area contributed by atoms with E-state index in [2.05, 4.69) is 65.1 Å². The number of benzene rings is 1. The predicted octanol–water partition coefficient (Wildman–Crippen LogP) is 3.90. The Morgan fingerprint density at radius 2 is 2.04 bits per heavy atom. The molecular weight excluding hydrogens is 413 g/mol. The van der Waals surface area contributed by atoms with Crippen molar-refractivity contribution in [3.63, 3.8) is 0 Å². The monoisotopic (exact) mass is 439 g/mol.